The van der Waals surface area contributed by atoms with E-state index < -0.39 is 5.91 Å². The van der Waals surface area contributed by atoms with Crippen LogP contribution >= 0.6 is 0 Å². The minimum absolute atomic E-state index is 0.0150. The average molecular weight is 437 g/mol. The van der Waals surface area contributed by atoms with E-state index in [0.717, 1.165) is 35.5 Å². The number of aryl methyl sites for hydroxylation is 2. The molecule has 0 saturated carbocycles. The summed E-state index contributed by atoms with van der Waals surface area (Å²) in [4.78, 5) is 27.8. The first-order chi connectivity index (χ1) is 15.5. The molecule has 1 saturated heterocycles. The van der Waals surface area contributed by atoms with E-state index in [9.17, 15) is 9.59 Å². The molecule has 0 unspecified atom stereocenters. The van der Waals surface area contributed by atoms with E-state index in [2.05, 4.69) is 10.2 Å². The second kappa shape index (κ2) is 9.54. The SMILES string of the molecule is COc1ccc([C@H](CNC(=O)c2cc(=O)c3cc(C)c(C)cc3o2)N2CCOCC2)cc1. The standard InChI is InChI=1S/C25H28N2O5/c1-16-12-20-22(28)14-24(32-23(20)13-17(16)2)25(29)26-15-21(27-8-10-31-11-9-27)18-4-6-19(30-3)7-5-18/h4-7,12-14,21H,8-11,15H2,1-3H3,(H,26,29)/t21-/m0/s1. The topological polar surface area (TPSA) is 81.0 Å². The monoisotopic (exact) mass is 436 g/mol. The molecule has 3 aromatic rings. The molecule has 1 atom stereocenters. The number of ether oxygens (including phenoxy) is 2. The van der Waals surface area contributed by atoms with Crippen LogP contribution in [-0.4, -0.2) is 50.8 Å². The summed E-state index contributed by atoms with van der Waals surface area (Å²) in [6.45, 7) is 7.12. The van der Waals surface area contributed by atoms with Gasteiger partial charge in [-0.05, 0) is 54.8 Å². The van der Waals surface area contributed by atoms with Crippen LogP contribution in [0.5, 0.6) is 5.75 Å². The molecule has 1 fully saturated rings. The van der Waals surface area contributed by atoms with Gasteiger partial charge in [-0.25, -0.2) is 0 Å². The van der Waals surface area contributed by atoms with Gasteiger partial charge in [0.1, 0.15) is 11.3 Å². The van der Waals surface area contributed by atoms with Gasteiger partial charge in [-0.15, -0.1) is 0 Å². The summed E-state index contributed by atoms with van der Waals surface area (Å²) in [6, 6.07) is 12.7. The third-order valence-corrected chi connectivity index (χ3v) is 6.01. The summed E-state index contributed by atoms with van der Waals surface area (Å²) in [5, 5.41) is 3.44. The molecule has 0 aliphatic carbocycles. The smallest absolute Gasteiger partial charge is 0.287 e. The fraction of sp³-hybridized carbons (Fsp3) is 0.360. The van der Waals surface area contributed by atoms with E-state index in [1.165, 1.54) is 6.07 Å². The normalized spacial score (nSPS) is 15.5. The quantitative estimate of drug-likeness (QED) is 0.639. The van der Waals surface area contributed by atoms with Gasteiger partial charge in [0.2, 0.25) is 0 Å². The van der Waals surface area contributed by atoms with Crippen LogP contribution in [0.25, 0.3) is 11.0 Å². The Bertz CT molecular complexity index is 1160. The molecule has 0 radical (unpaired) electrons. The molecule has 1 aliphatic rings. The number of benzene rings is 2. The first kappa shape index (κ1) is 22.0. The van der Waals surface area contributed by atoms with Crippen LogP contribution in [-0.2, 0) is 4.74 Å². The first-order valence-electron chi connectivity index (χ1n) is 10.8. The molecule has 1 aliphatic heterocycles. The predicted octanol–water partition coefficient (Wildman–Crippen LogP) is 3.22. The van der Waals surface area contributed by atoms with Gasteiger partial charge in [-0.2, -0.15) is 0 Å². The number of methoxy groups -OCH3 is 1. The lowest BCUT2D eigenvalue weighted by atomic mass is 10.0. The summed E-state index contributed by atoms with van der Waals surface area (Å²) in [5.41, 5.74) is 3.28. The maximum Gasteiger partial charge on any atom is 0.287 e. The maximum absolute atomic E-state index is 12.9. The molecule has 1 amide bonds. The minimum Gasteiger partial charge on any atom is -0.497 e. The van der Waals surface area contributed by atoms with Crippen molar-refractivity contribution in [2.24, 2.45) is 0 Å². The number of hydrogen-bond acceptors (Lipinski definition) is 6. The van der Waals surface area contributed by atoms with E-state index in [0.29, 0.717) is 30.7 Å². The molecule has 4 rings (SSSR count). The Labute approximate surface area is 186 Å². The first-order valence-corrected chi connectivity index (χ1v) is 10.8. The highest BCUT2D eigenvalue weighted by Gasteiger charge is 2.24. The van der Waals surface area contributed by atoms with Crippen LogP contribution in [0.1, 0.15) is 33.3 Å². The molecule has 0 bridgehead atoms. The molecular weight excluding hydrogens is 408 g/mol. The summed E-state index contributed by atoms with van der Waals surface area (Å²) >= 11 is 0. The molecule has 0 spiro atoms. The Morgan fingerprint density at radius 2 is 1.78 bits per heavy atom. The number of nitrogens with one attached hydrogen (secondary N) is 1. The Hall–Kier alpha value is -3.16. The number of morpholine rings is 1. The van der Waals surface area contributed by atoms with Crippen LogP contribution in [0, 0.1) is 13.8 Å². The van der Waals surface area contributed by atoms with Crippen LogP contribution in [0.4, 0.5) is 0 Å². The molecular formula is C25H28N2O5. The number of nitrogens with zero attached hydrogens (tertiary/aromatic N) is 1. The van der Waals surface area contributed by atoms with Crippen molar-refractivity contribution in [3.63, 3.8) is 0 Å². The van der Waals surface area contributed by atoms with Crippen LogP contribution in [0.3, 0.4) is 0 Å². The second-order valence-corrected chi connectivity index (χ2v) is 8.05. The van der Waals surface area contributed by atoms with Crippen molar-refractivity contribution in [1.82, 2.24) is 10.2 Å². The van der Waals surface area contributed by atoms with Gasteiger partial charge in [0.25, 0.3) is 5.91 Å². The van der Waals surface area contributed by atoms with Gasteiger partial charge >= 0.3 is 0 Å². The molecule has 7 heteroatoms. The molecule has 2 aromatic carbocycles. The lowest BCUT2D eigenvalue weighted by Gasteiger charge is -2.35. The number of hydrogen-bond donors (Lipinski definition) is 1. The van der Waals surface area contributed by atoms with Crippen LogP contribution in [0.15, 0.2) is 51.7 Å². The van der Waals surface area contributed by atoms with Gasteiger partial charge < -0.3 is 19.2 Å². The van der Waals surface area contributed by atoms with Crippen molar-refractivity contribution < 1.29 is 18.7 Å². The van der Waals surface area contributed by atoms with Crippen molar-refractivity contribution in [2.75, 3.05) is 40.0 Å². The van der Waals surface area contributed by atoms with Crippen molar-refractivity contribution in [2.45, 2.75) is 19.9 Å². The van der Waals surface area contributed by atoms with Crippen LogP contribution < -0.4 is 15.5 Å². The Morgan fingerprint density at radius 1 is 1.09 bits per heavy atom. The zero-order chi connectivity index (χ0) is 22.7. The largest absolute Gasteiger partial charge is 0.497 e. The fourth-order valence-electron chi connectivity index (χ4n) is 3.97. The zero-order valence-electron chi connectivity index (χ0n) is 18.6. The fourth-order valence-corrected chi connectivity index (χ4v) is 3.97. The summed E-state index contributed by atoms with van der Waals surface area (Å²) in [6.07, 6.45) is 0. The van der Waals surface area contributed by atoms with Gasteiger partial charge in [-0.3, -0.25) is 14.5 Å². The zero-order valence-corrected chi connectivity index (χ0v) is 18.6. The molecule has 1 aromatic heterocycles. The van der Waals surface area contributed by atoms with Gasteiger partial charge in [0, 0.05) is 25.7 Å². The Balaban J connectivity index is 1.56. The third kappa shape index (κ3) is 4.69. The maximum atomic E-state index is 12.9. The minimum atomic E-state index is -0.408. The van der Waals surface area contributed by atoms with Gasteiger partial charge in [0.05, 0.1) is 31.8 Å². The average Bonchev–Trinajstić information content (AvgIpc) is 2.81. The van der Waals surface area contributed by atoms with Crippen LogP contribution in [0.2, 0.25) is 0 Å². The number of carbonyl (C=O) groups is 1. The number of fused-ring (bicyclic) bond motifs is 1. The van der Waals surface area contributed by atoms with E-state index >= 15 is 0 Å². The summed E-state index contributed by atoms with van der Waals surface area (Å²) in [5.74, 6) is 0.386. The van der Waals surface area contributed by atoms with Crippen molar-refractivity contribution in [3.05, 3.63) is 75.1 Å². The number of rotatable bonds is 6. The third-order valence-electron chi connectivity index (χ3n) is 6.01. The highest BCUT2D eigenvalue weighted by molar-refractivity contribution is 5.93. The van der Waals surface area contributed by atoms with E-state index in [1.807, 2.05) is 38.1 Å². The highest BCUT2D eigenvalue weighted by Crippen LogP contribution is 2.24. The molecule has 2 heterocycles. The van der Waals surface area contributed by atoms with Gasteiger partial charge in [0.15, 0.2) is 11.2 Å². The highest BCUT2D eigenvalue weighted by atomic mass is 16.5. The second-order valence-electron chi connectivity index (χ2n) is 8.05. The number of amides is 1. The lowest BCUT2D eigenvalue weighted by molar-refractivity contribution is 0.0161. The van der Waals surface area contributed by atoms with Crippen molar-refractivity contribution in [3.8, 4) is 5.75 Å². The lowest BCUT2D eigenvalue weighted by Crippen LogP contribution is -2.43. The predicted molar refractivity (Wildman–Crippen MR) is 122 cm³/mol. The van der Waals surface area contributed by atoms with Crippen molar-refractivity contribution in [1.29, 1.82) is 0 Å². The Kier molecular flexibility index (Phi) is 6.58. The van der Waals surface area contributed by atoms with Crippen molar-refractivity contribution >= 4 is 16.9 Å². The Morgan fingerprint density at radius 3 is 2.47 bits per heavy atom. The number of carbonyl (C=O) groups excluding carboxylic acids is 1. The van der Waals surface area contributed by atoms with E-state index in [1.54, 1.807) is 19.2 Å². The molecule has 1 N–H and O–H groups in total. The van der Waals surface area contributed by atoms with E-state index in [-0.39, 0.29) is 17.2 Å². The molecule has 7 nitrogen and oxygen atoms in total. The molecule has 32 heavy (non-hydrogen) atoms. The summed E-state index contributed by atoms with van der Waals surface area (Å²) < 4.78 is 16.5. The summed E-state index contributed by atoms with van der Waals surface area (Å²) in [7, 11) is 1.63. The van der Waals surface area contributed by atoms with E-state index in [4.69, 9.17) is 13.9 Å². The van der Waals surface area contributed by atoms with Gasteiger partial charge in [-0.1, -0.05) is 12.1 Å². The molecule has 168 valence electrons.